The van der Waals surface area contributed by atoms with Crippen molar-refractivity contribution in [2.75, 3.05) is 25.0 Å². The van der Waals surface area contributed by atoms with E-state index in [0.717, 1.165) is 41.8 Å². The van der Waals surface area contributed by atoms with Gasteiger partial charge in [0.05, 0.1) is 5.69 Å². The predicted molar refractivity (Wildman–Crippen MR) is 115 cm³/mol. The van der Waals surface area contributed by atoms with Crippen LogP contribution in [-0.4, -0.2) is 35.0 Å². The first kappa shape index (κ1) is 17.8. The zero-order valence-electron chi connectivity index (χ0n) is 16.2. The Morgan fingerprint density at radius 1 is 0.862 bits per heavy atom. The Kier molecular flexibility index (Phi) is 4.45. The van der Waals surface area contributed by atoms with Crippen LogP contribution in [0.25, 0.3) is 22.2 Å². The van der Waals surface area contributed by atoms with E-state index in [4.69, 9.17) is 0 Å². The van der Waals surface area contributed by atoms with Gasteiger partial charge in [0.2, 0.25) is 0 Å². The normalized spacial score (nSPS) is 14.6. The number of hydrogen-bond donors (Lipinski definition) is 0. The number of likely N-dealkylation sites (N-methyl/N-ethyl adjacent to an activating group) is 1. The SMILES string of the molecule is CN1CCN(c2ccc3ccccc3c2F)c2ccc(-c3ncccn3)cc2C1. The first-order valence-electron chi connectivity index (χ1n) is 9.74. The molecule has 0 radical (unpaired) electrons. The van der Waals surface area contributed by atoms with Gasteiger partial charge in [-0.2, -0.15) is 0 Å². The van der Waals surface area contributed by atoms with Crippen LogP contribution < -0.4 is 4.90 Å². The maximum absolute atomic E-state index is 15.4. The van der Waals surface area contributed by atoms with Crippen LogP contribution in [0.4, 0.5) is 15.8 Å². The molecule has 0 spiro atoms. The van der Waals surface area contributed by atoms with E-state index in [2.05, 4.69) is 38.9 Å². The van der Waals surface area contributed by atoms with Gasteiger partial charge < -0.3 is 9.80 Å². The Morgan fingerprint density at radius 3 is 2.52 bits per heavy atom. The summed E-state index contributed by atoms with van der Waals surface area (Å²) >= 11 is 0. The molecule has 29 heavy (non-hydrogen) atoms. The van der Waals surface area contributed by atoms with Crippen LogP contribution in [-0.2, 0) is 6.54 Å². The molecule has 0 saturated heterocycles. The highest BCUT2D eigenvalue weighted by Gasteiger charge is 2.23. The van der Waals surface area contributed by atoms with Crippen LogP contribution >= 0.6 is 0 Å². The van der Waals surface area contributed by atoms with Crippen LogP contribution in [0.3, 0.4) is 0 Å². The van der Waals surface area contributed by atoms with Crippen molar-refractivity contribution in [3.8, 4) is 11.4 Å². The molecule has 0 N–H and O–H groups in total. The minimum absolute atomic E-state index is 0.172. The summed E-state index contributed by atoms with van der Waals surface area (Å²) in [6.07, 6.45) is 3.49. The van der Waals surface area contributed by atoms with Crippen molar-refractivity contribution < 1.29 is 4.39 Å². The van der Waals surface area contributed by atoms with E-state index >= 15 is 4.39 Å². The fraction of sp³-hybridized carbons (Fsp3) is 0.167. The van der Waals surface area contributed by atoms with E-state index in [1.54, 1.807) is 12.4 Å². The minimum Gasteiger partial charge on any atom is -0.338 e. The summed E-state index contributed by atoms with van der Waals surface area (Å²) in [5, 5.41) is 1.57. The molecule has 4 aromatic rings. The molecule has 4 nitrogen and oxygen atoms in total. The fourth-order valence-corrected chi connectivity index (χ4v) is 4.00. The van der Waals surface area contributed by atoms with E-state index in [9.17, 15) is 0 Å². The Hall–Kier alpha value is -3.31. The molecule has 0 saturated carbocycles. The van der Waals surface area contributed by atoms with Crippen molar-refractivity contribution in [2.24, 2.45) is 0 Å². The van der Waals surface area contributed by atoms with Crippen LogP contribution in [0.15, 0.2) is 73.1 Å². The molecular formula is C24H21FN4. The zero-order valence-corrected chi connectivity index (χ0v) is 16.2. The molecule has 5 rings (SSSR count). The Balaban J connectivity index is 1.64. The molecule has 3 aromatic carbocycles. The van der Waals surface area contributed by atoms with Crippen LogP contribution in [0, 0.1) is 5.82 Å². The lowest BCUT2D eigenvalue weighted by atomic mass is 10.0. The van der Waals surface area contributed by atoms with Gasteiger partial charge in [0.25, 0.3) is 0 Å². The van der Waals surface area contributed by atoms with Crippen molar-refractivity contribution >= 4 is 22.1 Å². The monoisotopic (exact) mass is 384 g/mol. The second-order valence-electron chi connectivity index (χ2n) is 7.43. The van der Waals surface area contributed by atoms with Crippen LogP contribution in [0.1, 0.15) is 5.56 Å². The lowest BCUT2D eigenvalue weighted by molar-refractivity contribution is 0.343. The number of anilines is 2. The van der Waals surface area contributed by atoms with E-state index in [1.165, 1.54) is 0 Å². The third-order valence-corrected chi connectivity index (χ3v) is 5.47. The van der Waals surface area contributed by atoms with Gasteiger partial charge in [-0.05, 0) is 48.3 Å². The number of fused-ring (bicyclic) bond motifs is 2. The highest BCUT2D eigenvalue weighted by molar-refractivity contribution is 5.88. The number of halogens is 1. The standard InChI is InChI=1S/C24H21FN4/c1-28-13-14-29(22-10-7-17-5-2-3-6-20(17)23(22)25)21-9-8-18(15-19(21)16-28)24-26-11-4-12-27-24/h2-12,15H,13-14,16H2,1H3. The molecule has 0 amide bonds. The van der Waals surface area contributed by atoms with Gasteiger partial charge in [0, 0.05) is 48.7 Å². The van der Waals surface area contributed by atoms with Crippen LogP contribution in [0.5, 0.6) is 0 Å². The van der Waals surface area contributed by atoms with E-state index in [0.29, 0.717) is 16.9 Å². The van der Waals surface area contributed by atoms with Gasteiger partial charge in [0.15, 0.2) is 11.6 Å². The molecule has 0 atom stereocenters. The first-order valence-corrected chi connectivity index (χ1v) is 9.74. The summed E-state index contributed by atoms with van der Waals surface area (Å²) in [5.74, 6) is 0.528. The van der Waals surface area contributed by atoms with Gasteiger partial charge >= 0.3 is 0 Å². The minimum atomic E-state index is -0.172. The molecule has 0 unspecified atom stereocenters. The number of aromatic nitrogens is 2. The summed E-state index contributed by atoms with van der Waals surface area (Å²) in [6, 6.07) is 19.5. The molecule has 0 aliphatic carbocycles. The van der Waals surface area contributed by atoms with Gasteiger partial charge in [-0.15, -0.1) is 0 Å². The molecule has 144 valence electrons. The predicted octanol–water partition coefficient (Wildman–Crippen LogP) is 5.02. The Bertz CT molecular complexity index is 1180. The van der Waals surface area contributed by atoms with Gasteiger partial charge in [-0.25, -0.2) is 14.4 Å². The maximum Gasteiger partial charge on any atom is 0.159 e. The quantitative estimate of drug-likeness (QED) is 0.486. The van der Waals surface area contributed by atoms with Crippen molar-refractivity contribution in [2.45, 2.75) is 6.54 Å². The van der Waals surface area contributed by atoms with Crippen molar-refractivity contribution in [3.63, 3.8) is 0 Å². The second-order valence-corrected chi connectivity index (χ2v) is 7.43. The highest BCUT2D eigenvalue weighted by atomic mass is 19.1. The average molecular weight is 384 g/mol. The third kappa shape index (κ3) is 3.23. The molecular weight excluding hydrogens is 363 g/mol. The lowest BCUT2D eigenvalue weighted by Crippen LogP contribution is -2.26. The Labute approximate surface area is 169 Å². The van der Waals surface area contributed by atoms with Crippen LogP contribution in [0.2, 0.25) is 0 Å². The summed E-state index contributed by atoms with van der Waals surface area (Å²) in [7, 11) is 2.09. The lowest BCUT2D eigenvalue weighted by Gasteiger charge is -2.26. The summed E-state index contributed by atoms with van der Waals surface area (Å²) < 4.78 is 15.4. The number of rotatable bonds is 2. The summed E-state index contributed by atoms with van der Waals surface area (Å²) in [6.45, 7) is 2.36. The molecule has 1 aliphatic heterocycles. The molecule has 5 heteroatoms. The molecule has 0 fully saturated rings. The summed E-state index contributed by atoms with van der Waals surface area (Å²) in [4.78, 5) is 13.1. The van der Waals surface area contributed by atoms with E-state index in [1.807, 2.05) is 48.5 Å². The van der Waals surface area contributed by atoms with Crippen molar-refractivity contribution in [1.29, 1.82) is 0 Å². The smallest absolute Gasteiger partial charge is 0.159 e. The topological polar surface area (TPSA) is 32.3 Å². The molecule has 1 aliphatic rings. The highest BCUT2D eigenvalue weighted by Crippen LogP contribution is 2.37. The van der Waals surface area contributed by atoms with Crippen molar-refractivity contribution in [1.82, 2.24) is 14.9 Å². The largest absolute Gasteiger partial charge is 0.338 e. The van der Waals surface area contributed by atoms with Gasteiger partial charge in [-0.3, -0.25) is 0 Å². The molecule has 0 bridgehead atoms. The average Bonchev–Trinajstić information content (AvgIpc) is 2.92. The number of benzene rings is 3. The second kappa shape index (κ2) is 7.26. The maximum atomic E-state index is 15.4. The first-order chi connectivity index (χ1) is 14.2. The van der Waals surface area contributed by atoms with Gasteiger partial charge in [-0.1, -0.05) is 30.3 Å². The van der Waals surface area contributed by atoms with E-state index < -0.39 is 0 Å². The van der Waals surface area contributed by atoms with Crippen molar-refractivity contribution in [3.05, 3.63) is 84.4 Å². The number of hydrogen-bond acceptors (Lipinski definition) is 4. The zero-order chi connectivity index (χ0) is 19.8. The Morgan fingerprint density at radius 2 is 1.66 bits per heavy atom. The third-order valence-electron chi connectivity index (χ3n) is 5.47. The number of nitrogens with zero attached hydrogens (tertiary/aromatic N) is 4. The molecule has 2 heterocycles. The van der Waals surface area contributed by atoms with Gasteiger partial charge in [0.1, 0.15) is 0 Å². The molecule has 1 aromatic heterocycles. The fourth-order valence-electron chi connectivity index (χ4n) is 4.00. The summed E-state index contributed by atoms with van der Waals surface area (Å²) in [5.41, 5.74) is 3.76. The van der Waals surface area contributed by atoms with E-state index in [-0.39, 0.29) is 5.82 Å².